The molecule has 0 aliphatic carbocycles. The molecule has 3 nitrogen and oxygen atoms in total. The van der Waals surface area contributed by atoms with Crippen molar-refractivity contribution in [3.05, 3.63) is 0 Å². The monoisotopic (exact) mass is 185 g/mol. The molecule has 1 aliphatic heterocycles. The SMILES string of the molecule is CCN(CCNC)C1CCNCC1. The van der Waals surface area contributed by atoms with Crippen LogP contribution in [0.2, 0.25) is 0 Å². The molecule has 0 spiro atoms. The highest BCUT2D eigenvalue weighted by molar-refractivity contribution is 4.77. The third kappa shape index (κ3) is 3.63. The van der Waals surface area contributed by atoms with Gasteiger partial charge >= 0.3 is 0 Å². The first-order valence-corrected chi connectivity index (χ1v) is 5.47. The first-order valence-electron chi connectivity index (χ1n) is 5.47. The highest BCUT2D eigenvalue weighted by Gasteiger charge is 2.18. The lowest BCUT2D eigenvalue weighted by atomic mass is 10.1. The van der Waals surface area contributed by atoms with E-state index in [2.05, 4.69) is 22.5 Å². The standard InChI is InChI=1S/C10H23N3/c1-3-13(9-8-11-2)10-4-6-12-7-5-10/h10-12H,3-9H2,1-2H3. The second kappa shape index (κ2) is 6.35. The van der Waals surface area contributed by atoms with Crippen LogP contribution >= 0.6 is 0 Å². The summed E-state index contributed by atoms with van der Waals surface area (Å²) < 4.78 is 0. The Bertz CT molecular complexity index is 121. The molecule has 0 atom stereocenters. The number of piperidine rings is 1. The van der Waals surface area contributed by atoms with Gasteiger partial charge in [-0.25, -0.2) is 0 Å². The van der Waals surface area contributed by atoms with Gasteiger partial charge in [0.25, 0.3) is 0 Å². The first kappa shape index (κ1) is 11.0. The predicted octanol–water partition coefficient (Wildman–Crippen LogP) is 0.280. The number of hydrogen-bond acceptors (Lipinski definition) is 3. The van der Waals surface area contributed by atoms with Crippen molar-refractivity contribution < 1.29 is 0 Å². The maximum absolute atomic E-state index is 3.41. The lowest BCUT2D eigenvalue weighted by Crippen LogP contribution is -2.45. The fourth-order valence-corrected chi connectivity index (χ4v) is 2.03. The molecule has 3 heteroatoms. The summed E-state index contributed by atoms with van der Waals surface area (Å²) >= 11 is 0. The van der Waals surface area contributed by atoms with E-state index in [1.807, 2.05) is 7.05 Å². The lowest BCUT2D eigenvalue weighted by Gasteiger charge is -2.33. The summed E-state index contributed by atoms with van der Waals surface area (Å²) in [6, 6.07) is 0.819. The van der Waals surface area contributed by atoms with Crippen LogP contribution in [-0.2, 0) is 0 Å². The number of rotatable bonds is 5. The van der Waals surface area contributed by atoms with Crippen molar-refractivity contribution in [1.29, 1.82) is 0 Å². The quantitative estimate of drug-likeness (QED) is 0.644. The van der Waals surface area contributed by atoms with E-state index >= 15 is 0 Å². The molecule has 0 unspecified atom stereocenters. The minimum absolute atomic E-state index is 0.819. The van der Waals surface area contributed by atoms with Gasteiger partial charge in [-0.3, -0.25) is 4.90 Å². The fourth-order valence-electron chi connectivity index (χ4n) is 2.03. The normalized spacial score (nSPS) is 19.6. The van der Waals surface area contributed by atoms with Gasteiger partial charge in [-0.2, -0.15) is 0 Å². The zero-order chi connectivity index (χ0) is 9.52. The number of nitrogens with one attached hydrogen (secondary N) is 2. The Hall–Kier alpha value is -0.120. The third-order valence-electron chi connectivity index (χ3n) is 2.88. The van der Waals surface area contributed by atoms with Crippen LogP contribution < -0.4 is 10.6 Å². The van der Waals surface area contributed by atoms with Crippen molar-refractivity contribution in [3.63, 3.8) is 0 Å². The Labute approximate surface area is 81.9 Å². The molecule has 1 saturated heterocycles. The van der Waals surface area contributed by atoms with Crippen molar-refractivity contribution in [2.75, 3.05) is 39.8 Å². The average molecular weight is 185 g/mol. The van der Waals surface area contributed by atoms with Gasteiger partial charge in [-0.1, -0.05) is 6.92 Å². The molecule has 0 radical (unpaired) electrons. The van der Waals surface area contributed by atoms with Crippen molar-refractivity contribution in [2.45, 2.75) is 25.8 Å². The lowest BCUT2D eigenvalue weighted by molar-refractivity contribution is 0.172. The molecule has 2 N–H and O–H groups in total. The van der Waals surface area contributed by atoms with Crippen molar-refractivity contribution >= 4 is 0 Å². The van der Waals surface area contributed by atoms with Gasteiger partial charge in [0.15, 0.2) is 0 Å². The zero-order valence-electron chi connectivity index (χ0n) is 8.97. The maximum atomic E-state index is 3.41. The summed E-state index contributed by atoms with van der Waals surface area (Å²) in [7, 11) is 2.02. The molecule has 13 heavy (non-hydrogen) atoms. The van der Waals surface area contributed by atoms with Gasteiger partial charge < -0.3 is 10.6 Å². The van der Waals surface area contributed by atoms with Crippen molar-refractivity contribution in [1.82, 2.24) is 15.5 Å². The Morgan fingerprint density at radius 3 is 2.62 bits per heavy atom. The van der Waals surface area contributed by atoms with E-state index in [-0.39, 0.29) is 0 Å². The summed E-state index contributed by atoms with van der Waals surface area (Å²) in [5.74, 6) is 0. The Kier molecular flexibility index (Phi) is 5.35. The van der Waals surface area contributed by atoms with Crippen molar-refractivity contribution in [3.8, 4) is 0 Å². The maximum Gasteiger partial charge on any atom is 0.0120 e. The molecule has 0 aromatic heterocycles. The molecule has 1 aliphatic rings. The van der Waals surface area contributed by atoms with Crippen molar-refractivity contribution in [2.24, 2.45) is 0 Å². The van der Waals surface area contributed by atoms with Crippen LogP contribution in [0.5, 0.6) is 0 Å². The van der Waals surface area contributed by atoms with Gasteiger partial charge in [-0.05, 0) is 39.5 Å². The van der Waals surface area contributed by atoms with E-state index in [4.69, 9.17) is 0 Å². The molecule has 0 bridgehead atoms. The van der Waals surface area contributed by atoms with Crippen LogP contribution in [0.25, 0.3) is 0 Å². The largest absolute Gasteiger partial charge is 0.318 e. The summed E-state index contributed by atoms with van der Waals surface area (Å²) in [4.78, 5) is 2.59. The van der Waals surface area contributed by atoms with Gasteiger partial charge in [0.2, 0.25) is 0 Å². The number of likely N-dealkylation sites (N-methyl/N-ethyl adjacent to an activating group) is 2. The van der Waals surface area contributed by atoms with E-state index in [0.717, 1.165) is 12.6 Å². The zero-order valence-corrected chi connectivity index (χ0v) is 8.97. The van der Waals surface area contributed by atoms with Crippen LogP contribution in [0, 0.1) is 0 Å². The minimum atomic E-state index is 0.819. The van der Waals surface area contributed by atoms with Gasteiger partial charge in [-0.15, -0.1) is 0 Å². The highest BCUT2D eigenvalue weighted by atomic mass is 15.2. The highest BCUT2D eigenvalue weighted by Crippen LogP contribution is 2.10. The summed E-state index contributed by atoms with van der Waals surface area (Å²) in [6.07, 6.45) is 2.63. The van der Waals surface area contributed by atoms with E-state index < -0.39 is 0 Å². The van der Waals surface area contributed by atoms with E-state index in [0.29, 0.717) is 0 Å². The second-order valence-corrected chi connectivity index (χ2v) is 3.71. The van der Waals surface area contributed by atoms with Crippen LogP contribution in [0.1, 0.15) is 19.8 Å². The number of nitrogens with zero attached hydrogens (tertiary/aromatic N) is 1. The number of hydrogen-bond donors (Lipinski definition) is 2. The fraction of sp³-hybridized carbons (Fsp3) is 1.00. The Morgan fingerprint density at radius 2 is 2.08 bits per heavy atom. The first-order chi connectivity index (χ1) is 6.38. The molecule has 1 rings (SSSR count). The van der Waals surface area contributed by atoms with Crippen LogP contribution in [0.3, 0.4) is 0 Å². The molecule has 0 saturated carbocycles. The third-order valence-corrected chi connectivity index (χ3v) is 2.88. The molecular weight excluding hydrogens is 162 g/mol. The summed E-state index contributed by atoms with van der Waals surface area (Å²) in [5.41, 5.74) is 0. The predicted molar refractivity (Wildman–Crippen MR) is 57.1 cm³/mol. The Morgan fingerprint density at radius 1 is 1.38 bits per heavy atom. The van der Waals surface area contributed by atoms with Crippen LogP contribution in [-0.4, -0.2) is 50.7 Å². The van der Waals surface area contributed by atoms with Gasteiger partial charge in [0.1, 0.15) is 0 Å². The van der Waals surface area contributed by atoms with Gasteiger partial charge in [0.05, 0.1) is 0 Å². The average Bonchev–Trinajstić information content (AvgIpc) is 2.21. The minimum Gasteiger partial charge on any atom is -0.318 e. The molecule has 0 amide bonds. The molecule has 78 valence electrons. The van der Waals surface area contributed by atoms with E-state index in [1.54, 1.807) is 0 Å². The van der Waals surface area contributed by atoms with Gasteiger partial charge in [0, 0.05) is 19.1 Å². The molecule has 1 heterocycles. The van der Waals surface area contributed by atoms with E-state index in [1.165, 1.54) is 39.0 Å². The molecule has 0 aromatic carbocycles. The van der Waals surface area contributed by atoms with E-state index in [9.17, 15) is 0 Å². The second-order valence-electron chi connectivity index (χ2n) is 3.71. The molecule has 0 aromatic rings. The summed E-state index contributed by atoms with van der Waals surface area (Å²) in [5, 5.41) is 6.62. The Balaban J connectivity index is 2.26. The summed E-state index contributed by atoms with van der Waals surface area (Å²) in [6.45, 7) is 8.14. The molecule has 1 fully saturated rings. The van der Waals surface area contributed by atoms with Crippen LogP contribution in [0.4, 0.5) is 0 Å². The smallest absolute Gasteiger partial charge is 0.0120 e. The van der Waals surface area contributed by atoms with Crippen LogP contribution in [0.15, 0.2) is 0 Å². The molecular formula is C10H23N3. The topological polar surface area (TPSA) is 27.3 Å².